The lowest BCUT2D eigenvalue weighted by Crippen LogP contribution is -2.33. The lowest BCUT2D eigenvalue weighted by atomic mass is 10.3. The van der Waals surface area contributed by atoms with Crippen LogP contribution in [0.2, 0.25) is 0 Å². The van der Waals surface area contributed by atoms with E-state index in [1.807, 2.05) is 20.2 Å². The van der Waals surface area contributed by atoms with E-state index in [2.05, 4.69) is 25.1 Å². The topological polar surface area (TPSA) is 64.5 Å². The molecule has 0 unspecified atom stereocenters. The van der Waals surface area contributed by atoms with Crippen molar-refractivity contribution in [1.82, 2.24) is 14.9 Å². The van der Waals surface area contributed by atoms with Crippen molar-refractivity contribution < 1.29 is 5.11 Å². The van der Waals surface area contributed by atoms with Crippen LogP contribution in [0.5, 0.6) is 0 Å². The number of hydrogen-bond acceptors (Lipinski definition) is 6. The maximum atomic E-state index is 9.02. The number of aromatic nitrogens is 2. The molecular formula is C13H23N5O. The number of nitrogens with zero attached hydrogens (tertiary/aromatic N) is 4. The van der Waals surface area contributed by atoms with Crippen molar-refractivity contribution in [3.63, 3.8) is 0 Å². The molecule has 0 aromatic carbocycles. The zero-order valence-electron chi connectivity index (χ0n) is 11.8. The van der Waals surface area contributed by atoms with E-state index in [0.717, 1.165) is 50.5 Å². The number of β-amino-alcohol motifs (C(OH)–C–C–N with tert-alkyl or cyclic N) is 1. The molecule has 1 fully saturated rings. The highest BCUT2D eigenvalue weighted by Crippen LogP contribution is 2.19. The maximum Gasteiger partial charge on any atom is 0.224 e. The van der Waals surface area contributed by atoms with Crippen LogP contribution in [-0.4, -0.2) is 66.4 Å². The smallest absolute Gasteiger partial charge is 0.224 e. The van der Waals surface area contributed by atoms with Crippen molar-refractivity contribution >= 4 is 11.8 Å². The van der Waals surface area contributed by atoms with Crippen LogP contribution in [-0.2, 0) is 0 Å². The summed E-state index contributed by atoms with van der Waals surface area (Å²) < 4.78 is 0. The molecule has 19 heavy (non-hydrogen) atoms. The van der Waals surface area contributed by atoms with Crippen molar-refractivity contribution in [1.29, 1.82) is 0 Å². The van der Waals surface area contributed by atoms with Gasteiger partial charge in [-0.2, -0.15) is 4.98 Å². The monoisotopic (exact) mass is 265 g/mol. The molecule has 0 atom stereocenters. The SMILES string of the molecule is CNc1ncc(C)c(N2CCCN(CCO)CC2)n1. The molecule has 2 heterocycles. The molecule has 2 N–H and O–H groups in total. The average Bonchev–Trinajstić information content (AvgIpc) is 2.65. The van der Waals surface area contributed by atoms with Crippen LogP contribution in [0.4, 0.5) is 11.8 Å². The van der Waals surface area contributed by atoms with E-state index < -0.39 is 0 Å². The first kappa shape index (κ1) is 14.0. The molecule has 0 amide bonds. The second-order valence-corrected chi connectivity index (χ2v) is 4.86. The summed E-state index contributed by atoms with van der Waals surface area (Å²) in [5.74, 6) is 1.68. The first-order valence-corrected chi connectivity index (χ1v) is 6.84. The average molecular weight is 265 g/mol. The minimum absolute atomic E-state index is 0.233. The van der Waals surface area contributed by atoms with E-state index in [4.69, 9.17) is 5.11 Å². The quantitative estimate of drug-likeness (QED) is 0.818. The van der Waals surface area contributed by atoms with Crippen LogP contribution in [0.3, 0.4) is 0 Å². The first-order valence-electron chi connectivity index (χ1n) is 6.84. The van der Waals surface area contributed by atoms with Crippen LogP contribution >= 0.6 is 0 Å². The van der Waals surface area contributed by atoms with Gasteiger partial charge in [-0.05, 0) is 19.9 Å². The van der Waals surface area contributed by atoms with Crippen molar-refractivity contribution in [3.05, 3.63) is 11.8 Å². The predicted molar refractivity (Wildman–Crippen MR) is 76.7 cm³/mol. The minimum atomic E-state index is 0.233. The summed E-state index contributed by atoms with van der Waals surface area (Å²) in [6.07, 6.45) is 2.96. The van der Waals surface area contributed by atoms with Crippen LogP contribution in [0.15, 0.2) is 6.20 Å². The molecule has 0 bridgehead atoms. The molecule has 1 saturated heterocycles. The largest absolute Gasteiger partial charge is 0.395 e. The van der Waals surface area contributed by atoms with Crippen LogP contribution < -0.4 is 10.2 Å². The number of rotatable bonds is 4. The van der Waals surface area contributed by atoms with Gasteiger partial charge in [-0.3, -0.25) is 4.90 Å². The highest BCUT2D eigenvalue weighted by atomic mass is 16.3. The maximum absolute atomic E-state index is 9.02. The van der Waals surface area contributed by atoms with Gasteiger partial charge in [-0.25, -0.2) is 4.98 Å². The molecule has 0 spiro atoms. The Bertz CT molecular complexity index is 412. The van der Waals surface area contributed by atoms with Crippen molar-refractivity contribution in [2.45, 2.75) is 13.3 Å². The molecule has 1 aromatic rings. The summed E-state index contributed by atoms with van der Waals surface area (Å²) in [4.78, 5) is 13.4. The fourth-order valence-electron chi connectivity index (χ4n) is 2.42. The predicted octanol–water partition coefficient (Wildman–Crippen LogP) is 0.331. The highest BCUT2D eigenvalue weighted by molar-refractivity contribution is 5.49. The minimum Gasteiger partial charge on any atom is -0.395 e. The molecule has 0 saturated carbocycles. The number of aliphatic hydroxyl groups is 1. The fourth-order valence-corrected chi connectivity index (χ4v) is 2.42. The Balaban J connectivity index is 2.09. The Morgan fingerprint density at radius 1 is 1.32 bits per heavy atom. The molecule has 6 nitrogen and oxygen atoms in total. The van der Waals surface area contributed by atoms with Gasteiger partial charge in [0.25, 0.3) is 0 Å². The molecule has 0 aliphatic carbocycles. The highest BCUT2D eigenvalue weighted by Gasteiger charge is 2.17. The summed E-state index contributed by atoms with van der Waals surface area (Å²) >= 11 is 0. The van der Waals surface area contributed by atoms with Gasteiger partial charge in [0.1, 0.15) is 5.82 Å². The number of aryl methyl sites for hydroxylation is 1. The van der Waals surface area contributed by atoms with Crippen molar-refractivity contribution in [2.24, 2.45) is 0 Å². The summed E-state index contributed by atoms with van der Waals surface area (Å²) in [5, 5.41) is 12.0. The number of aliphatic hydroxyl groups excluding tert-OH is 1. The number of nitrogens with one attached hydrogen (secondary N) is 1. The third-order valence-corrected chi connectivity index (χ3v) is 3.47. The second kappa shape index (κ2) is 6.68. The van der Waals surface area contributed by atoms with E-state index in [-0.39, 0.29) is 6.61 Å². The third-order valence-electron chi connectivity index (χ3n) is 3.47. The first-order chi connectivity index (χ1) is 9.24. The van der Waals surface area contributed by atoms with Crippen molar-refractivity contribution in [2.75, 3.05) is 56.6 Å². The lowest BCUT2D eigenvalue weighted by Gasteiger charge is -2.24. The Morgan fingerprint density at radius 3 is 2.89 bits per heavy atom. The van der Waals surface area contributed by atoms with E-state index in [1.54, 1.807) is 0 Å². The summed E-state index contributed by atoms with van der Waals surface area (Å²) in [5.41, 5.74) is 1.11. The summed E-state index contributed by atoms with van der Waals surface area (Å²) in [6, 6.07) is 0. The molecule has 2 rings (SSSR count). The number of hydrogen-bond donors (Lipinski definition) is 2. The second-order valence-electron chi connectivity index (χ2n) is 4.86. The summed E-state index contributed by atoms with van der Waals surface area (Å²) in [6.45, 7) is 7.00. The molecule has 0 radical (unpaired) electrons. The molecule has 1 aromatic heterocycles. The van der Waals surface area contributed by atoms with Gasteiger partial charge in [-0.1, -0.05) is 0 Å². The molecular weight excluding hydrogens is 242 g/mol. The van der Waals surface area contributed by atoms with Gasteiger partial charge < -0.3 is 15.3 Å². The van der Waals surface area contributed by atoms with Crippen LogP contribution in [0.25, 0.3) is 0 Å². The van der Waals surface area contributed by atoms with E-state index in [0.29, 0.717) is 5.95 Å². The van der Waals surface area contributed by atoms with Gasteiger partial charge in [-0.15, -0.1) is 0 Å². The van der Waals surface area contributed by atoms with Crippen molar-refractivity contribution in [3.8, 4) is 0 Å². The normalized spacial score (nSPS) is 17.3. The third kappa shape index (κ3) is 3.54. The Labute approximate surface area is 114 Å². The van der Waals surface area contributed by atoms with Gasteiger partial charge in [0.2, 0.25) is 5.95 Å². The lowest BCUT2D eigenvalue weighted by molar-refractivity contribution is 0.204. The van der Waals surface area contributed by atoms with Gasteiger partial charge in [0.05, 0.1) is 6.61 Å². The van der Waals surface area contributed by atoms with Gasteiger partial charge in [0, 0.05) is 45.0 Å². The molecule has 1 aliphatic rings. The van der Waals surface area contributed by atoms with E-state index in [1.165, 1.54) is 0 Å². The Kier molecular flexibility index (Phi) is 4.93. The standard InChI is InChI=1S/C13H23N5O/c1-11-10-15-13(14-2)16-12(11)18-5-3-4-17(6-7-18)8-9-19/h10,19H,3-9H2,1-2H3,(H,14,15,16). The molecule has 1 aliphatic heterocycles. The van der Waals surface area contributed by atoms with Crippen LogP contribution in [0.1, 0.15) is 12.0 Å². The number of anilines is 2. The van der Waals surface area contributed by atoms with Crippen LogP contribution in [0, 0.1) is 6.92 Å². The fraction of sp³-hybridized carbons (Fsp3) is 0.692. The Morgan fingerprint density at radius 2 is 2.16 bits per heavy atom. The van der Waals surface area contributed by atoms with Gasteiger partial charge >= 0.3 is 0 Å². The summed E-state index contributed by atoms with van der Waals surface area (Å²) in [7, 11) is 1.83. The zero-order valence-corrected chi connectivity index (χ0v) is 11.8. The Hall–Kier alpha value is -1.40. The van der Waals surface area contributed by atoms with E-state index in [9.17, 15) is 0 Å². The molecule has 106 valence electrons. The van der Waals surface area contributed by atoms with Gasteiger partial charge in [0.15, 0.2) is 0 Å². The van der Waals surface area contributed by atoms with E-state index >= 15 is 0 Å². The molecule has 6 heteroatoms. The zero-order chi connectivity index (χ0) is 13.7.